The summed E-state index contributed by atoms with van der Waals surface area (Å²) in [6.07, 6.45) is 2.27. The first-order valence-electron chi connectivity index (χ1n) is 5.23. The van der Waals surface area contributed by atoms with Gasteiger partial charge in [0.1, 0.15) is 6.04 Å². The van der Waals surface area contributed by atoms with Crippen LogP contribution in [0.5, 0.6) is 0 Å². The molecule has 1 heterocycles. The second-order valence-electron chi connectivity index (χ2n) is 3.04. The highest BCUT2D eigenvalue weighted by Gasteiger charge is 2.20. The number of hydrogen-bond donors (Lipinski definition) is 4. The van der Waals surface area contributed by atoms with Crippen LogP contribution in [0.2, 0.25) is 0 Å². The molecule has 6 nitrogen and oxygen atoms in total. The van der Waals surface area contributed by atoms with E-state index in [4.69, 9.17) is 10.2 Å². The molecule has 1 rings (SSSR count). The van der Waals surface area contributed by atoms with Crippen molar-refractivity contribution in [2.75, 3.05) is 6.54 Å². The van der Waals surface area contributed by atoms with Crippen molar-refractivity contribution < 1.29 is 15.0 Å². The third kappa shape index (κ3) is 4.90. The van der Waals surface area contributed by atoms with Crippen molar-refractivity contribution in [1.29, 1.82) is 0 Å². The highest BCUT2D eigenvalue weighted by molar-refractivity contribution is 5.74. The average molecular weight is 229 g/mol. The van der Waals surface area contributed by atoms with Crippen LogP contribution in [0.15, 0.2) is 12.5 Å². The van der Waals surface area contributed by atoms with E-state index >= 15 is 0 Å². The maximum atomic E-state index is 10.8. The molecule has 0 aliphatic rings. The van der Waals surface area contributed by atoms with Crippen LogP contribution >= 0.6 is 0 Å². The fourth-order valence-corrected chi connectivity index (χ4v) is 1.04. The molecule has 92 valence electrons. The van der Waals surface area contributed by atoms with E-state index in [1.54, 1.807) is 6.92 Å². The van der Waals surface area contributed by atoms with Gasteiger partial charge in [-0.2, -0.15) is 0 Å². The number of carbonyl (C=O) groups is 1. The fourth-order valence-electron chi connectivity index (χ4n) is 1.04. The number of aromatic nitrogens is 2. The van der Waals surface area contributed by atoms with Crippen molar-refractivity contribution >= 4 is 5.97 Å². The minimum absolute atomic E-state index is 0.218. The van der Waals surface area contributed by atoms with Gasteiger partial charge in [0.05, 0.1) is 24.3 Å². The highest BCUT2D eigenvalue weighted by atomic mass is 16.4. The Labute approximate surface area is 94.7 Å². The second kappa shape index (κ2) is 7.84. The number of hydrogen-bond acceptors (Lipinski definition) is 4. The lowest BCUT2D eigenvalue weighted by molar-refractivity contribution is -0.139. The van der Waals surface area contributed by atoms with Crippen LogP contribution in [-0.2, 0) is 4.79 Å². The van der Waals surface area contributed by atoms with Crippen molar-refractivity contribution in [3.63, 3.8) is 0 Å². The minimum Gasteiger partial charge on any atom is -0.480 e. The Morgan fingerprint density at radius 1 is 1.62 bits per heavy atom. The van der Waals surface area contributed by atoms with Gasteiger partial charge in [0.2, 0.25) is 0 Å². The SMILES string of the molecule is CC.CC(O)CNC(C(=O)O)c1cnc[nH]1. The molecule has 0 aliphatic carbocycles. The van der Waals surface area contributed by atoms with Crippen molar-refractivity contribution in [3.8, 4) is 0 Å². The predicted molar refractivity (Wildman–Crippen MR) is 60.0 cm³/mol. The monoisotopic (exact) mass is 229 g/mol. The Morgan fingerprint density at radius 3 is 2.62 bits per heavy atom. The zero-order valence-electron chi connectivity index (χ0n) is 9.77. The van der Waals surface area contributed by atoms with Crippen molar-refractivity contribution in [2.45, 2.75) is 32.9 Å². The number of imidazole rings is 1. The molecule has 16 heavy (non-hydrogen) atoms. The van der Waals surface area contributed by atoms with E-state index in [1.807, 2.05) is 13.8 Å². The van der Waals surface area contributed by atoms with E-state index in [0.717, 1.165) is 0 Å². The van der Waals surface area contributed by atoms with Crippen LogP contribution in [-0.4, -0.2) is 38.8 Å². The summed E-state index contributed by atoms with van der Waals surface area (Å²) >= 11 is 0. The number of rotatable bonds is 5. The summed E-state index contributed by atoms with van der Waals surface area (Å²) in [6, 6.07) is -0.855. The standard InChI is InChI=1S/C8H13N3O3.C2H6/c1-5(12)2-10-7(8(13)14)6-3-9-4-11-6;1-2/h3-5,7,10,12H,2H2,1H3,(H,9,11)(H,13,14);1-2H3. The molecule has 0 spiro atoms. The number of carboxylic acid groups (broad SMARTS) is 1. The number of carboxylic acids is 1. The van der Waals surface area contributed by atoms with E-state index in [2.05, 4.69) is 15.3 Å². The molecule has 2 unspecified atom stereocenters. The number of aromatic amines is 1. The first-order chi connectivity index (χ1) is 7.61. The lowest BCUT2D eigenvalue weighted by Gasteiger charge is -2.13. The Bertz CT molecular complexity index is 286. The normalized spacial score (nSPS) is 13.5. The van der Waals surface area contributed by atoms with E-state index in [9.17, 15) is 4.79 Å². The average Bonchev–Trinajstić information content (AvgIpc) is 2.73. The van der Waals surface area contributed by atoms with Crippen molar-refractivity contribution in [2.24, 2.45) is 0 Å². The molecule has 1 aromatic rings. The minimum atomic E-state index is -1.00. The fraction of sp³-hybridized carbons (Fsp3) is 0.600. The van der Waals surface area contributed by atoms with Gasteiger partial charge in [-0.3, -0.25) is 10.1 Å². The quantitative estimate of drug-likeness (QED) is 0.590. The van der Waals surface area contributed by atoms with Gasteiger partial charge < -0.3 is 15.2 Å². The molecule has 6 heteroatoms. The summed E-state index contributed by atoms with van der Waals surface area (Å²) < 4.78 is 0. The first kappa shape index (κ1) is 14.6. The van der Waals surface area contributed by atoms with Crippen LogP contribution in [0.25, 0.3) is 0 Å². The molecule has 0 saturated heterocycles. The van der Waals surface area contributed by atoms with Crippen LogP contribution < -0.4 is 5.32 Å². The summed E-state index contributed by atoms with van der Waals surface area (Å²) in [5.74, 6) is -1.00. The number of aliphatic hydroxyl groups is 1. The first-order valence-corrected chi connectivity index (χ1v) is 5.23. The molecule has 0 aliphatic heterocycles. The number of aliphatic hydroxyl groups excluding tert-OH is 1. The van der Waals surface area contributed by atoms with Crippen LogP contribution in [0.4, 0.5) is 0 Å². The Morgan fingerprint density at radius 2 is 2.25 bits per heavy atom. The summed E-state index contributed by atoms with van der Waals surface area (Å²) in [6.45, 7) is 5.80. The van der Waals surface area contributed by atoms with E-state index in [-0.39, 0.29) is 6.54 Å². The van der Waals surface area contributed by atoms with Crippen molar-refractivity contribution in [3.05, 3.63) is 18.2 Å². The van der Waals surface area contributed by atoms with Gasteiger partial charge >= 0.3 is 5.97 Å². The lowest BCUT2D eigenvalue weighted by Crippen LogP contribution is -2.33. The Hall–Kier alpha value is -1.40. The third-order valence-electron chi connectivity index (χ3n) is 1.69. The third-order valence-corrected chi connectivity index (χ3v) is 1.69. The molecule has 0 radical (unpaired) electrons. The Kier molecular flexibility index (Phi) is 7.15. The van der Waals surface area contributed by atoms with Gasteiger partial charge in [0.25, 0.3) is 0 Å². The van der Waals surface area contributed by atoms with Crippen LogP contribution in [0.3, 0.4) is 0 Å². The van der Waals surface area contributed by atoms with Crippen LogP contribution in [0, 0.1) is 0 Å². The smallest absolute Gasteiger partial charge is 0.326 e. The van der Waals surface area contributed by atoms with Gasteiger partial charge in [0.15, 0.2) is 0 Å². The summed E-state index contributed by atoms with van der Waals surface area (Å²) in [5.41, 5.74) is 0.471. The lowest BCUT2D eigenvalue weighted by atomic mass is 10.2. The highest BCUT2D eigenvalue weighted by Crippen LogP contribution is 2.08. The maximum Gasteiger partial charge on any atom is 0.326 e. The summed E-state index contributed by atoms with van der Waals surface area (Å²) in [5, 5.41) is 20.6. The Balaban J connectivity index is 0.00000106. The summed E-state index contributed by atoms with van der Waals surface area (Å²) in [7, 11) is 0. The summed E-state index contributed by atoms with van der Waals surface area (Å²) in [4.78, 5) is 17.3. The van der Waals surface area contributed by atoms with E-state index in [1.165, 1.54) is 12.5 Å². The van der Waals surface area contributed by atoms with E-state index < -0.39 is 18.1 Å². The molecule has 1 aromatic heterocycles. The molecule has 0 aromatic carbocycles. The van der Waals surface area contributed by atoms with Gasteiger partial charge in [-0.15, -0.1) is 0 Å². The molecule has 2 atom stereocenters. The molecule has 4 N–H and O–H groups in total. The molecule has 0 fully saturated rings. The topological polar surface area (TPSA) is 98.2 Å². The zero-order chi connectivity index (χ0) is 12.6. The molecule has 0 amide bonds. The van der Waals surface area contributed by atoms with Gasteiger partial charge in [0, 0.05) is 6.54 Å². The number of nitrogens with one attached hydrogen (secondary N) is 2. The van der Waals surface area contributed by atoms with E-state index in [0.29, 0.717) is 5.69 Å². The predicted octanol–water partition coefficient (Wildman–Crippen LogP) is 0.532. The molecule has 0 bridgehead atoms. The second-order valence-corrected chi connectivity index (χ2v) is 3.04. The largest absolute Gasteiger partial charge is 0.480 e. The zero-order valence-corrected chi connectivity index (χ0v) is 9.77. The maximum absolute atomic E-state index is 10.8. The van der Waals surface area contributed by atoms with Gasteiger partial charge in [-0.25, -0.2) is 4.98 Å². The number of nitrogens with zero attached hydrogens (tertiary/aromatic N) is 1. The van der Waals surface area contributed by atoms with Crippen LogP contribution in [0.1, 0.15) is 32.5 Å². The van der Waals surface area contributed by atoms with Crippen molar-refractivity contribution in [1.82, 2.24) is 15.3 Å². The van der Waals surface area contributed by atoms with Gasteiger partial charge in [-0.05, 0) is 6.92 Å². The molecular formula is C10H19N3O3. The number of H-pyrrole nitrogens is 1. The number of aliphatic carboxylic acids is 1. The van der Waals surface area contributed by atoms with Gasteiger partial charge in [-0.1, -0.05) is 13.8 Å². The molecular weight excluding hydrogens is 210 g/mol. The molecule has 0 saturated carbocycles.